The normalized spacial score (nSPS) is 11.0. The van der Waals surface area contributed by atoms with E-state index in [2.05, 4.69) is 15.3 Å². The summed E-state index contributed by atoms with van der Waals surface area (Å²) >= 11 is 0.916. The van der Waals surface area contributed by atoms with Crippen molar-refractivity contribution in [2.45, 2.75) is 18.3 Å². The third-order valence-electron chi connectivity index (χ3n) is 3.93. The molecule has 2 amide bonds. The minimum Gasteiger partial charge on any atom is -0.462 e. The number of likely N-dealkylation sites (N-methyl/N-ethyl adjacent to an activating group) is 1. The number of benzene rings is 1. The van der Waals surface area contributed by atoms with E-state index >= 15 is 0 Å². The monoisotopic (exact) mass is 471 g/mol. The Hall–Kier alpha value is -3.35. The van der Waals surface area contributed by atoms with Crippen molar-refractivity contribution in [3.63, 3.8) is 0 Å². The number of para-hydroxylation sites is 1. The lowest BCUT2D eigenvalue weighted by molar-refractivity contribution is -0.137. The molecule has 0 spiro atoms. The van der Waals surface area contributed by atoms with E-state index in [0.29, 0.717) is 0 Å². The number of aromatic nitrogens is 2. The fraction of sp³-hybridized carbons (Fsp3) is 0.316. The van der Waals surface area contributed by atoms with E-state index in [9.17, 15) is 27.6 Å². The molecule has 2 aromatic rings. The molecule has 0 saturated carbocycles. The van der Waals surface area contributed by atoms with Crippen LogP contribution in [0.2, 0.25) is 0 Å². The molecule has 3 N–H and O–H groups in total. The molecule has 1 aromatic heterocycles. The molecule has 9 nitrogen and oxygen atoms in total. The second-order valence-electron chi connectivity index (χ2n) is 6.30. The Morgan fingerprint density at radius 2 is 1.94 bits per heavy atom. The Morgan fingerprint density at radius 1 is 1.25 bits per heavy atom. The molecule has 32 heavy (non-hydrogen) atoms. The Bertz CT molecular complexity index is 1000. The third-order valence-corrected chi connectivity index (χ3v) is 4.78. The van der Waals surface area contributed by atoms with E-state index < -0.39 is 41.8 Å². The number of nitrogens with zero attached hydrogens (tertiary/aromatic N) is 3. The lowest BCUT2D eigenvalue weighted by Crippen LogP contribution is -2.36. The lowest BCUT2D eigenvalue weighted by Gasteiger charge is -2.18. The molecule has 0 aliphatic heterocycles. The van der Waals surface area contributed by atoms with Gasteiger partial charge in [-0.05, 0) is 19.1 Å². The molecule has 0 bridgehead atoms. The second kappa shape index (κ2) is 10.8. The fourth-order valence-electron chi connectivity index (χ4n) is 2.38. The molecule has 0 saturated heterocycles. The summed E-state index contributed by atoms with van der Waals surface area (Å²) in [7, 11) is 1.33. The molecule has 0 aliphatic carbocycles. The number of hydrogen-bond acceptors (Lipinski definition) is 8. The van der Waals surface area contributed by atoms with Crippen LogP contribution in [0.25, 0.3) is 0 Å². The van der Waals surface area contributed by atoms with Crippen molar-refractivity contribution in [3.8, 4) is 0 Å². The van der Waals surface area contributed by atoms with Crippen LogP contribution in [0.5, 0.6) is 0 Å². The van der Waals surface area contributed by atoms with Crippen LogP contribution in [-0.4, -0.2) is 58.6 Å². The Balaban J connectivity index is 1.92. The van der Waals surface area contributed by atoms with E-state index in [0.717, 1.165) is 28.8 Å². The van der Waals surface area contributed by atoms with Crippen molar-refractivity contribution in [2.24, 2.45) is 0 Å². The first-order valence-electron chi connectivity index (χ1n) is 9.15. The Morgan fingerprint density at radius 3 is 2.56 bits per heavy atom. The number of carbonyl (C=O) groups is 3. The summed E-state index contributed by atoms with van der Waals surface area (Å²) < 4.78 is 43.9. The number of amides is 2. The number of halogens is 3. The largest absolute Gasteiger partial charge is 0.462 e. The van der Waals surface area contributed by atoms with Crippen molar-refractivity contribution in [1.82, 2.24) is 14.9 Å². The third kappa shape index (κ3) is 6.83. The summed E-state index contributed by atoms with van der Waals surface area (Å²) in [6.45, 7) is 1.33. The van der Waals surface area contributed by atoms with Crippen molar-refractivity contribution in [2.75, 3.05) is 37.0 Å². The maximum atomic E-state index is 13.0. The van der Waals surface area contributed by atoms with E-state index in [4.69, 9.17) is 10.5 Å². The van der Waals surface area contributed by atoms with E-state index in [-0.39, 0.29) is 28.9 Å². The summed E-state index contributed by atoms with van der Waals surface area (Å²) in [5.41, 5.74) is 4.32. The molecule has 1 aromatic carbocycles. The average molecular weight is 471 g/mol. The van der Waals surface area contributed by atoms with Crippen molar-refractivity contribution in [3.05, 3.63) is 41.6 Å². The van der Waals surface area contributed by atoms with Gasteiger partial charge in [-0.15, -0.1) is 0 Å². The zero-order chi connectivity index (χ0) is 23.9. The molecule has 0 fully saturated rings. The van der Waals surface area contributed by atoms with Gasteiger partial charge in [-0.3, -0.25) is 9.59 Å². The average Bonchev–Trinajstić information content (AvgIpc) is 2.71. The van der Waals surface area contributed by atoms with Crippen LogP contribution in [0.4, 0.5) is 24.7 Å². The Labute approximate surface area is 185 Å². The summed E-state index contributed by atoms with van der Waals surface area (Å²) in [6, 6.07) is 4.54. The van der Waals surface area contributed by atoms with Gasteiger partial charge >= 0.3 is 12.1 Å². The van der Waals surface area contributed by atoms with Crippen LogP contribution < -0.4 is 11.1 Å². The summed E-state index contributed by atoms with van der Waals surface area (Å²) in [6.07, 6.45) is -3.45. The molecule has 13 heteroatoms. The zero-order valence-electron chi connectivity index (χ0n) is 17.1. The zero-order valence-corrected chi connectivity index (χ0v) is 17.9. The van der Waals surface area contributed by atoms with Crippen LogP contribution in [0.3, 0.4) is 0 Å². The number of rotatable bonds is 8. The quantitative estimate of drug-likeness (QED) is 0.341. The van der Waals surface area contributed by atoms with Gasteiger partial charge < -0.3 is 20.7 Å². The maximum absolute atomic E-state index is 13.0. The van der Waals surface area contributed by atoms with Gasteiger partial charge in [-0.25, -0.2) is 14.8 Å². The van der Waals surface area contributed by atoms with Gasteiger partial charge in [0.15, 0.2) is 5.16 Å². The number of hydrogen-bond donors (Lipinski definition) is 2. The van der Waals surface area contributed by atoms with Crippen LogP contribution in [-0.2, 0) is 20.5 Å². The van der Waals surface area contributed by atoms with E-state index in [1.165, 1.54) is 25.4 Å². The highest BCUT2D eigenvalue weighted by Gasteiger charge is 2.33. The standard InChI is InChI=1S/C19H20F3N5O4S/c1-3-31-17(30)11-8-24-18(26-16(11)23)32-10-15(29)27(2)9-14(28)25-13-7-5-4-6-12(13)19(20,21)22/h4-8H,3,9-10H2,1-2H3,(H,25,28)(H2,23,24,26). The fourth-order valence-corrected chi connectivity index (χ4v) is 3.15. The number of anilines is 2. The van der Waals surface area contributed by atoms with Crippen molar-refractivity contribution in [1.29, 1.82) is 0 Å². The van der Waals surface area contributed by atoms with Crippen LogP contribution in [0, 0.1) is 0 Å². The van der Waals surface area contributed by atoms with Gasteiger partial charge in [0.1, 0.15) is 11.4 Å². The first kappa shape index (κ1) is 24.9. The van der Waals surface area contributed by atoms with Crippen LogP contribution in [0.15, 0.2) is 35.6 Å². The smallest absolute Gasteiger partial charge is 0.418 e. The van der Waals surface area contributed by atoms with Gasteiger partial charge in [0.2, 0.25) is 11.8 Å². The number of nitrogen functional groups attached to an aromatic ring is 1. The lowest BCUT2D eigenvalue weighted by atomic mass is 10.1. The van der Waals surface area contributed by atoms with Gasteiger partial charge in [-0.1, -0.05) is 23.9 Å². The molecule has 0 atom stereocenters. The highest BCUT2D eigenvalue weighted by atomic mass is 32.2. The van der Waals surface area contributed by atoms with Crippen LogP contribution >= 0.6 is 11.8 Å². The molecule has 1 heterocycles. The molecule has 0 aliphatic rings. The van der Waals surface area contributed by atoms with E-state index in [1.54, 1.807) is 6.92 Å². The Kier molecular flexibility index (Phi) is 8.41. The number of esters is 1. The predicted octanol–water partition coefficient (Wildman–Crippen LogP) is 2.44. The van der Waals surface area contributed by atoms with Gasteiger partial charge in [0.25, 0.3) is 0 Å². The SMILES string of the molecule is CCOC(=O)c1cnc(SCC(=O)N(C)CC(=O)Nc2ccccc2C(F)(F)F)nc1N. The molecule has 0 radical (unpaired) electrons. The highest BCUT2D eigenvalue weighted by Crippen LogP contribution is 2.34. The minimum absolute atomic E-state index is 0.00421. The first-order chi connectivity index (χ1) is 15.0. The number of nitrogens with one attached hydrogen (secondary N) is 1. The molecule has 172 valence electrons. The van der Waals surface area contributed by atoms with Gasteiger partial charge in [0, 0.05) is 13.2 Å². The topological polar surface area (TPSA) is 128 Å². The first-order valence-corrected chi connectivity index (χ1v) is 10.1. The van der Waals surface area contributed by atoms with Crippen molar-refractivity contribution >= 4 is 41.1 Å². The maximum Gasteiger partial charge on any atom is 0.418 e. The molecule has 2 rings (SSSR count). The summed E-state index contributed by atoms with van der Waals surface area (Å²) in [4.78, 5) is 45.0. The van der Waals surface area contributed by atoms with Gasteiger partial charge in [-0.2, -0.15) is 13.2 Å². The summed E-state index contributed by atoms with van der Waals surface area (Å²) in [5.74, 6) is -2.23. The number of ether oxygens (including phenoxy) is 1. The molecular weight excluding hydrogens is 451 g/mol. The van der Waals surface area contributed by atoms with E-state index in [1.807, 2.05) is 0 Å². The minimum atomic E-state index is -4.63. The number of nitrogens with two attached hydrogens (primary N) is 1. The van der Waals surface area contributed by atoms with Crippen molar-refractivity contribution < 1.29 is 32.3 Å². The van der Waals surface area contributed by atoms with Crippen LogP contribution in [0.1, 0.15) is 22.8 Å². The predicted molar refractivity (Wildman–Crippen MR) is 111 cm³/mol. The number of alkyl halides is 3. The number of thioether (sulfide) groups is 1. The summed E-state index contributed by atoms with van der Waals surface area (Å²) in [5, 5.41) is 2.29. The van der Waals surface area contributed by atoms with Gasteiger partial charge in [0.05, 0.1) is 30.2 Å². The highest BCUT2D eigenvalue weighted by molar-refractivity contribution is 7.99. The number of carbonyl (C=O) groups excluding carboxylic acids is 3. The second-order valence-corrected chi connectivity index (χ2v) is 7.24. The molecule has 0 unspecified atom stereocenters. The molecular formula is C19H20F3N5O4S.